The zero-order valence-corrected chi connectivity index (χ0v) is 14.8. The van der Waals surface area contributed by atoms with Crippen LogP contribution in [0.15, 0.2) is 47.5 Å². The van der Waals surface area contributed by atoms with Crippen LogP contribution in [-0.2, 0) is 0 Å². The second-order valence-electron chi connectivity index (χ2n) is 6.17. The van der Waals surface area contributed by atoms with E-state index in [4.69, 9.17) is 16.6 Å². The van der Waals surface area contributed by atoms with Crippen molar-refractivity contribution in [3.63, 3.8) is 0 Å². The van der Waals surface area contributed by atoms with E-state index in [0.29, 0.717) is 10.6 Å². The van der Waals surface area contributed by atoms with Gasteiger partial charge in [-0.1, -0.05) is 29.8 Å². The van der Waals surface area contributed by atoms with E-state index >= 15 is 0 Å². The minimum atomic E-state index is 0.200. The number of halogens is 1. The number of rotatable bonds is 2. The highest BCUT2D eigenvalue weighted by atomic mass is 35.5. The molecule has 0 saturated carbocycles. The van der Waals surface area contributed by atoms with E-state index in [1.165, 1.54) is 0 Å². The molecule has 2 aromatic rings. The van der Waals surface area contributed by atoms with Crippen molar-refractivity contribution in [2.75, 3.05) is 33.2 Å². The van der Waals surface area contributed by atoms with Crippen molar-refractivity contribution >= 4 is 23.1 Å². The first-order valence-corrected chi connectivity index (χ1v) is 8.49. The number of amidine groups is 1. The van der Waals surface area contributed by atoms with Gasteiger partial charge in [0.15, 0.2) is 0 Å². The first-order valence-electron chi connectivity index (χ1n) is 8.11. The fourth-order valence-corrected chi connectivity index (χ4v) is 2.98. The Morgan fingerprint density at radius 3 is 2.50 bits per heavy atom. The van der Waals surface area contributed by atoms with E-state index in [2.05, 4.69) is 16.8 Å². The Hall–Kier alpha value is -2.04. The third-order valence-corrected chi connectivity index (χ3v) is 4.58. The summed E-state index contributed by atoms with van der Waals surface area (Å²) in [7, 11) is 2.12. The summed E-state index contributed by atoms with van der Waals surface area (Å²) in [5.41, 5.74) is 2.69. The Bertz CT molecular complexity index is 752. The van der Waals surface area contributed by atoms with Crippen molar-refractivity contribution in [3.05, 3.63) is 58.6 Å². The molecule has 24 heavy (non-hydrogen) atoms. The second kappa shape index (κ2) is 7.24. The maximum Gasteiger partial charge on any atom is 0.140 e. The first-order chi connectivity index (χ1) is 11.5. The number of hydrogen-bond acceptors (Lipinski definition) is 3. The van der Waals surface area contributed by atoms with Crippen molar-refractivity contribution < 1.29 is 5.11 Å². The number of benzene rings is 2. The largest absolute Gasteiger partial charge is 0.507 e. The molecule has 1 heterocycles. The van der Waals surface area contributed by atoms with Gasteiger partial charge in [0, 0.05) is 31.2 Å². The molecule has 1 N–H and O–H groups in total. The second-order valence-corrected chi connectivity index (χ2v) is 6.61. The molecule has 0 radical (unpaired) electrons. The van der Waals surface area contributed by atoms with Crippen molar-refractivity contribution in [3.8, 4) is 5.75 Å². The quantitative estimate of drug-likeness (QED) is 0.668. The number of likely N-dealkylation sites (N-methyl/N-ethyl adjacent to an activating group) is 1. The monoisotopic (exact) mass is 343 g/mol. The third-order valence-electron chi connectivity index (χ3n) is 4.34. The van der Waals surface area contributed by atoms with Crippen LogP contribution in [0.1, 0.15) is 11.1 Å². The summed E-state index contributed by atoms with van der Waals surface area (Å²) >= 11 is 6.16. The molecule has 0 spiro atoms. The average molecular weight is 344 g/mol. The molecule has 0 amide bonds. The standard InChI is InChI=1S/C19H22ClN3O/c1-14-5-3-4-6-17(14)21-19(23-11-9-22(2)10-12-23)16-13-15(20)7-8-18(16)24/h3-8,13,24H,9-12H2,1-2H3. The summed E-state index contributed by atoms with van der Waals surface area (Å²) in [5.74, 6) is 0.975. The van der Waals surface area contributed by atoms with Gasteiger partial charge in [0.2, 0.25) is 0 Å². The first kappa shape index (κ1) is 16.8. The summed E-state index contributed by atoms with van der Waals surface area (Å²) < 4.78 is 0. The predicted molar refractivity (Wildman–Crippen MR) is 99.6 cm³/mol. The van der Waals surface area contributed by atoms with E-state index in [1.807, 2.05) is 31.2 Å². The maximum atomic E-state index is 10.4. The normalized spacial score (nSPS) is 16.5. The molecular formula is C19H22ClN3O. The number of aryl methyl sites for hydroxylation is 1. The van der Waals surface area contributed by atoms with Crippen LogP contribution < -0.4 is 0 Å². The van der Waals surface area contributed by atoms with Crippen LogP contribution >= 0.6 is 11.6 Å². The maximum absolute atomic E-state index is 10.4. The molecule has 0 aliphatic carbocycles. The molecule has 0 unspecified atom stereocenters. The average Bonchev–Trinajstić information content (AvgIpc) is 2.58. The van der Waals surface area contributed by atoms with E-state index < -0.39 is 0 Å². The van der Waals surface area contributed by atoms with Crippen LogP contribution in [0.2, 0.25) is 5.02 Å². The zero-order valence-electron chi connectivity index (χ0n) is 14.0. The Labute approximate surface area is 148 Å². The number of phenols is 1. The fraction of sp³-hybridized carbons (Fsp3) is 0.316. The van der Waals surface area contributed by atoms with Gasteiger partial charge in [-0.2, -0.15) is 0 Å². The van der Waals surface area contributed by atoms with Gasteiger partial charge >= 0.3 is 0 Å². The van der Waals surface area contributed by atoms with Gasteiger partial charge in [-0.3, -0.25) is 0 Å². The van der Waals surface area contributed by atoms with E-state index in [9.17, 15) is 5.11 Å². The van der Waals surface area contributed by atoms with E-state index in [0.717, 1.165) is 43.3 Å². The smallest absolute Gasteiger partial charge is 0.140 e. The molecule has 5 heteroatoms. The third kappa shape index (κ3) is 3.71. The van der Waals surface area contributed by atoms with Gasteiger partial charge in [0.05, 0.1) is 11.3 Å². The predicted octanol–water partition coefficient (Wildman–Crippen LogP) is 3.68. The molecule has 1 aliphatic rings. The molecular weight excluding hydrogens is 322 g/mol. The summed E-state index contributed by atoms with van der Waals surface area (Å²) in [6.07, 6.45) is 0. The molecule has 3 rings (SSSR count). The van der Waals surface area contributed by atoms with Gasteiger partial charge in [0.1, 0.15) is 11.6 Å². The van der Waals surface area contributed by atoms with Crippen molar-refractivity contribution in [1.29, 1.82) is 0 Å². The number of aliphatic imine (C=N–C) groups is 1. The lowest BCUT2D eigenvalue weighted by Gasteiger charge is -2.35. The molecule has 126 valence electrons. The van der Waals surface area contributed by atoms with Crippen molar-refractivity contribution in [2.45, 2.75) is 6.92 Å². The van der Waals surface area contributed by atoms with Crippen LogP contribution in [0.5, 0.6) is 5.75 Å². The minimum absolute atomic E-state index is 0.200. The highest BCUT2D eigenvalue weighted by Gasteiger charge is 2.21. The van der Waals surface area contributed by atoms with Crippen molar-refractivity contribution in [1.82, 2.24) is 9.80 Å². The topological polar surface area (TPSA) is 39.1 Å². The summed E-state index contributed by atoms with van der Waals surface area (Å²) in [6, 6.07) is 13.1. The van der Waals surface area contributed by atoms with E-state index in [-0.39, 0.29) is 5.75 Å². The SMILES string of the molecule is Cc1ccccc1N=C(c1cc(Cl)ccc1O)N1CCN(C)CC1. The molecule has 1 fully saturated rings. The molecule has 4 nitrogen and oxygen atoms in total. The highest BCUT2D eigenvalue weighted by molar-refractivity contribution is 6.31. The van der Waals surface area contributed by atoms with Crippen LogP contribution in [0.4, 0.5) is 5.69 Å². The zero-order chi connectivity index (χ0) is 17.1. The van der Waals surface area contributed by atoms with Crippen LogP contribution in [0.3, 0.4) is 0 Å². The molecule has 0 aromatic heterocycles. The number of hydrogen-bond donors (Lipinski definition) is 1. The molecule has 1 aliphatic heterocycles. The number of piperazine rings is 1. The Kier molecular flexibility index (Phi) is 5.07. The van der Waals surface area contributed by atoms with Crippen LogP contribution in [0, 0.1) is 6.92 Å². The van der Waals surface area contributed by atoms with Gasteiger partial charge in [-0.25, -0.2) is 4.99 Å². The number of nitrogens with zero attached hydrogens (tertiary/aromatic N) is 3. The van der Waals surface area contributed by atoms with Gasteiger partial charge in [-0.05, 0) is 43.8 Å². The molecule has 1 saturated heterocycles. The summed E-state index contributed by atoms with van der Waals surface area (Å²) in [4.78, 5) is 9.40. The van der Waals surface area contributed by atoms with Crippen molar-refractivity contribution in [2.24, 2.45) is 4.99 Å². The molecule has 0 atom stereocenters. The summed E-state index contributed by atoms with van der Waals surface area (Å²) in [6.45, 7) is 5.71. The van der Waals surface area contributed by atoms with Crippen LogP contribution in [0.25, 0.3) is 0 Å². The number of phenolic OH excluding ortho intramolecular Hbond substituents is 1. The molecule has 0 bridgehead atoms. The number of aromatic hydroxyl groups is 1. The van der Waals surface area contributed by atoms with Gasteiger partial charge in [-0.15, -0.1) is 0 Å². The minimum Gasteiger partial charge on any atom is -0.507 e. The fourth-order valence-electron chi connectivity index (χ4n) is 2.81. The lowest BCUT2D eigenvalue weighted by molar-refractivity contribution is 0.215. The lowest BCUT2D eigenvalue weighted by Crippen LogP contribution is -2.47. The number of para-hydroxylation sites is 1. The lowest BCUT2D eigenvalue weighted by atomic mass is 10.1. The highest BCUT2D eigenvalue weighted by Crippen LogP contribution is 2.27. The Morgan fingerprint density at radius 1 is 1.08 bits per heavy atom. The van der Waals surface area contributed by atoms with Crippen LogP contribution in [-0.4, -0.2) is 54.0 Å². The Balaban J connectivity index is 2.07. The molecule has 2 aromatic carbocycles. The van der Waals surface area contributed by atoms with E-state index in [1.54, 1.807) is 18.2 Å². The summed E-state index contributed by atoms with van der Waals surface area (Å²) in [5, 5.41) is 11.0. The Morgan fingerprint density at radius 2 is 1.79 bits per heavy atom. The van der Waals surface area contributed by atoms with Gasteiger partial charge < -0.3 is 14.9 Å². The van der Waals surface area contributed by atoms with Gasteiger partial charge in [0.25, 0.3) is 0 Å².